The number of anilines is 1. The van der Waals surface area contributed by atoms with Gasteiger partial charge in [0.1, 0.15) is 5.75 Å². The highest BCUT2D eigenvalue weighted by Crippen LogP contribution is 2.27. The molecule has 0 saturated carbocycles. The highest BCUT2D eigenvalue weighted by molar-refractivity contribution is 6.32. The topological polar surface area (TPSA) is 78.9 Å². The van der Waals surface area contributed by atoms with Crippen molar-refractivity contribution in [3.63, 3.8) is 0 Å². The minimum atomic E-state index is -0.833. The molecular formula is C14H19ClN2O4. The predicted octanol–water partition coefficient (Wildman–Crippen LogP) is 2.08. The van der Waals surface area contributed by atoms with Crippen LogP contribution in [0.4, 0.5) is 5.69 Å². The van der Waals surface area contributed by atoms with E-state index in [1.165, 1.54) is 7.11 Å². The van der Waals surface area contributed by atoms with E-state index in [4.69, 9.17) is 21.4 Å². The van der Waals surface area contributed by atoms with Gasteiger partial charge < -0.3 is 15.2 Å². The first-order chi connectivity index (χ1) is 9.92. The van der Waals surface area contributed by atoms with Gasteiger partial charge >= 0.3 is 5.97 Å². The number of carbonyl (C=O) groups excluding carboxylic acids is 1. The number of likely N-dealkylation sites (N-methyl/N-ethyl adjacent to an activating group) is 1. The van der Waals surface area contributed by atoms with E-state index < -0.39 is 5.97 Å². The Hall–Kier alpha value is -1.79. The second-order valence-electron chi connectivity index (χ2n) is 4.63. The number of carboxylic acid groups (broad SMARTS) is 1. The molecule has 0 spiro atoms. The van der Waals surface area contributed by atoms with Crippen LogP contribution in [0.15, 0.2) is 18.2 Å². The van der Waals surface area contributed by atoms with E-state index in [9.17, 15) is 9.59 Å². The van der Waals surface area contributed by atoms with Gasteiger partial charge in [0.05, 0.1) is 18.7 Å². The zero-order chi connectivity index (χ0) is 15.8. The van der Waals surface area contributed by atoms with Crippen LogP contribution < -0.4 is 10.1 Å². The zero-order valence-corrected chi connectivity index (χ0v) is 12.8. The lowest BCUT2D eigenvalue weighted by atomic mass is 10.3. The summed E-state index contributed by atoms with van der Waals surface area (Å²) >= 11 is 5.97. The van der Waals surface area contributed by atoms with Gasteiger partial charge in [-0.15, -0.1) is 0 Å². The SMILES string of the molecule is COc1ccc(NC(=O)CN(C)CCCC(=O)O)cc1Cl. The van der Waals surface area contributed by atoms with Gasteiger partial charge in [-0.2, -0.15) is 0 Å². The first-order valence-corrected chi connectivity index (χ1v) is 6.84. The van der Waals surface area contributed by atoms with Gasteiger partial charge in [0, 0.05) is 12.1 Å². The van der Waals surface area contributed by atoms with E-state index in [0.29, 0.717) is 29.4 Å². The third kappa shape index (κ3) is 6.46. The Morgan fingerprint density at radius 1 is 1.43 bits per heavy atom. The number of aliphatic carboxylic acids is 1. The highest BCUT2D eigenvalue weighted by atomic mass is 35.5. The first kappa shape index (κ1) is 17.3. The van der Waals surface area contributed by atoms with Crippen molar-refractivity contribution >= 4 is 29.2 Å². The van der Waals surface area contributed by atoms with Crippen molar-refractivity contribution in [3.8, 4) is 5.75 Å². The summed E-state index contributed by atoms with van der Waals surface area (Å²) in [7, 11) is 3.29. The molecule has 1 rings (SSSR count). The molecule has 1 amide bonds. The molecule has 1 aromatic rings. The van der Waals surface area contributed by atoms with Gasteiger partial charge in [0.2, 0.25) is 5.91 Å². The molecule has 21 heavy (non-hydrogen) atoms. The molecule has 7 heteroatoms. The molecule has 0 unspecified atom stereocenters. The number of halogens is 1. The number of methoxy groups -OCH3 is 1. The molecule has 0 atom stereocenters. The molecular weight excluding hydrogens is 296 g/mol. The second-order valence-corrected chi connectivity index (χ2v) is 5.04. The van der Waals surface area contributed by atoms with Crippen LogP contribution in [0.25, 0.3) is 0 Å². The smallest absolute Gasteiger partial charge is 0.303 e. The maximum atomic E-state index is 11.8. The van der Waals surface area contributed by atoms with Crippen LogP contribution in [0.1, 0.15) is 12.8 Å². The largest absolute Gasteiger partial charge is 0.495 e. The minimum Gasteiger partial charge on any atom is -0.495 e. The Labute approximate surface area is 128 Å². The van der Waals surface area contributed by atoms with Crippen molar-refractivity contribution in [3.05, 3.63) is 23.2 Å². The van der Waals surface area contributed by atoms with Gasteiger partial charge in [-0.05, 0) is 38.2 Å². The second kappa shape index (κ2) is 8.49. The monoisotopic (exact) mass is 314 g/mol. The number of nitrogens with zero attached hydrogens (tertiary/aromatic N) is 1. The van der Waals surface area contributed by atoms with Crippen molar-refractivity contribution in [2.24, 2.45) is 0 Å². The number of benzene rings is 1. The van der Waals surface area contributed by atoms with E-state index >= 15 is 0 Å². The third-order valence-electron chi connectivity index (χ3n) is 2.78. The highest BCUT2D eigenvalue weighted by Gasteiger charge is 2.09. The molecule has 0 aliphatic heterocycles. The predicted molar refractivity (Wildman–Crippen MR) is 81.0 cm³/mol. The summed E-state index contributed by atoms with van der Waals surface area (Å²) in [6, 6.07) is 4.99. The van der Waals surface area contributed by atoms with Crippen molar-refractivity contribution in [1.82, 2.24) is 4.90 Å². The van der Waals surface area contributed by atoms with Crippen LogP contribution >= 0.6 is 11.6 Å². The van der Waals surface area contributed by atoms with Crippen LogP contribution in [0, 0.1) is 0 Å². The van der Waals surface area contributed by atoms with E-state index in [0.717, 1.165) is 0 Å². The third-order valence-corrected chi connectivity index (χ3v) is 3.07. The van der Waals surface area contributed by atoms with Crippen LogP contribution in [-0.2, 0) is 9.59 Å². The Balaban J connectivity index is 2.42. The molecule has 0 aliphatic carbocycles. The molecule has 0 fully saturated rings. The number of hydrogen-bond acceptors (Lipinski definition) is 4. The number of carboxylic acids is 1. The maximum absolute atomic E-state index is 11.8. The van der Waals surface area contributed by atoms with Gasteiger partial charge in [-0.1, -0.05) is 11.6 Å². The maximum Gasteiger partial charge on any atom is 0.303 e. The summed E-state index contributed by atoms with van der Waals surface area (Å²) in [5.41, 5.74) is 0.588. The lowest BCUT2D eigenvalue weighted by Crippen LogP contribution is -2.31. The lowest BCUT2D eigenvalue weighted by molar-refractivity contribution is -0.137. The van der Waals surface area contributed by atoms with E-state index in [-0.39, 0.29) is 18.9 Å². The van der Waals surface area contributed by atoms with Crippen LogP contribution in [-0.4, -0.2) is 49.1 Å². The number of nitrogens with one attached hydrogen (secondary N) is 1. The van der Waals surface area contributed by atoms with Crippen LogP contribution in [0.5, 0.6) is 5.75 Å². The summed E-state index contributed by atoms with van der Waals surface area (Å²) in [4.78, 5) is 24.0. The summed E-state index contributed by atoms with van der Waals surface area (Å²) in [5.74, 6) is -0.477. The quantitative estimate of drug-likeness (QED) is 0.768. The fraction of sp³-hybridized carbons (Fsp3) is 0.429. The Kier molecular flexibility index (Phi) is 6.98. The standard InChI is InChI=1S/C14H19ClN2O4/c1-17(7-3-4-14(19)20)9-13(18)16-10-5-6-12(21-2)11(15)8-10/h5-6,8H,3-4,7,9H2,1-2H3,(H,16,18)(H,19,20). The molecule has 0 aliphatic rings. The van der Waals surface area contributed by atoms with Gasteiger partial charge in [0.15, 0.2) is 0 Å². The molecule has 116 valence electrons. The summed E-state index contributed by atoms with van der Waals surface area (Å²) in [5, 5.41) is 11.7. The van der Waals surface area contributed by atoms with E-state index in [1.54, 1.807) is 30.1 Å². The lowest BCUT2D eigenvalue weighted by Gasteiger charge is -2.16. The van der Waals surface area contributed by atoms with Crippen molar-refractivity contribution < 1.29 is 19.4 Å². The Morgan fingerprint density at radius 3 is 2.71 bits per heavy atom. The summed E-state index contributed by atoms with van der Waals surface area (Å²) in [6.07, 6.45) is 0.605. The molecule has 6 nitrogen and oxygen atoms in total. The van der Waals surface area contributed by atoms with Crippen molar-refractivity contribution in [2.45, 2.75) is 12.8 Å². The number of ether oxygens (including phenoxy) is 1. The van der Waals surface area contributed by atoms with Crippen LogP contribution in [0.3, 0.4) is 0 Å². The Bertz CT molecular complexity index is 508. The number of carbonyl (C=O) groups is 2. The van der Waals surface area contributed by atoms with E-state index in [2.05, 4.69) is 5.32 Å². The Morgan fingerprint density at radius 2 is 2.14 bits per heavy atom. The number of hydrogen-bond donors (Lipinski definition) is 2. The fourth-order valence-electron chi connectivity index (χ4n) is 1.77. The summed E-state index contributed by atoms with van der Waals surface area (Å²) in [6.45, 7) is 0.729. The zero-order valence-electron chi connectivity index (χ0n) is 12.1. The van der Waals surface area contributed by atoms with Gasteiger partial charge in [-0.3, -0.25) is 14.5 Å². The molecule has 0 aromatic heterocycles. The normalized spacial score (nSPS) is 10.5. The minimum absolute atomic E-state index is 0.0973. The number of amides is 1. The van der Waals surface area contributed by atoms with Crippen molar-refractivity contribution in [1.29, 1.82) is 0 Å². The van der Waals surface area contributed by atoms with Gasteiger partial charge in [0.25, 0.3) is 0 Å². The van der Waals surface area contributed by atoms with Gasteiger partial charge in [-0.25, -0.2) is 0 Å². The molecule has 0 saturated heterocycles. The molecule has 1 aromatic carbocycles. The molecule has 0 bridgehead atoms. The summed E-state index contributed by atoms with van der Waals surface area (Å²) < 4.78 is 5.03. The fourth-order valence-corrected chi connectivity index (χ4v) is 2.03. The average molecular weight is 315 g/mol. The van der Waals surface area contributed by atoms with Crippen LogP contribution in [0.2, 0.25) is 5.02 Å². The number of rotatable bonds is 8. The molecule has 0 heterocycles. The molecule has 2 N–H and O–H groups in total. The van der Waals surface area contributed by atoms with Crippen molar-refractivity contribution in [2.75, 3.05) is 32.6 Å². The van der Waals surface area contributed by atoms with E-state index in [1.807, 2.05) is 0 Å². The first-order valence-electron chi connectivity index (χ1n) is 6.46. The average Bonchev–Trinajstić information content (AvgIpc) is 2.38. The molecule has 0 radical (unpaired) electrons.